The maximum Gasteiger partial charge on any atom is 0.337 e. The van der Waals surface area contributed by atoms with Gasteiger partial charge in [0.2, 0.25) is 0 Å². The molecule has 0 radical (unpaired) electrons. The van der Waals surface area contributed by atoms with Crippen molar-refractivity contribution in [2.75, 3.05) is 14.2 Å². The predicted molar refractivity (Wildman–Crippen MR) is 98.5 cm³/mol. The van der Waals surface area contributed by atoms with E-state index in [1.165, 1.54) is 14.2 Å². The summed E-state index contributed by atoms with van der Waals surface area (Å²) in [4.78, 5) is 24.9. The van der Waals surface area contributed by atoms with E-state index in [4.69, 9.17) is 14.2 Å². The molecule has 6 nitrogen and oxygen atoms in total. The molecule has 3 atom stereocenters. The summed E-state index contributed by atoms with van der Waals surface area (Å²) in [5.41, 5.74) is 0.537. The first-order chi connectivity index (χ1) is 13.1. The number of hydrogen-bond acceptors (Lipinski definition) is 5. The second-order valence-electron chi connectivity index (χ2n) is 6.52. The lowest BCUT2D eigenvalue weighted by Crippen LogP contribution is -2.93. The van der Waals surface area contributed by atoms with E-state index in [0.717, 1.165) is 5.56 Å². The fourth-order valence-corrected chi connectivity index (χ4v) is 3.78. The fraction of sp³-hybridized carbons (Fsp3) is 0.333. The molecule has 0 saturated carbocycles. The van der Waals surface area contributed by atoms with Crippen LogP contribution in [0.5, 0.6) is 0 Å². The summed E-state index contributed by atoms with van der Waals surface area (Å²) < 4.78 is 16.0. The van der Waals surface area contributed by atoms with E-state index in [0.29, 0.717) is 13.0 Å². The third-order valence-electron chi connectivity index (χ3n) is 5.03. The van der Waals surface area contributed by atoms with Crippen molar-refractivity contribution < 1.29 is 29.1 Å². The Balaban J connectivity index is 1.97. The van der Waals surface area contributed by atoms with Crippen LogP contribution in [-0.2, 0) is 30.3 Å². The van der Waals surface area contributed by atoms with Gasteiger partial charge in [0.15, 0.2) is 5.60 Å². The van der Waals surface area contributed by atoms with Gasteiger partial charge in [0, 0.05) is 12.0 Å². The number of carbonyl (C=O) groups is 2. The molecule has 2 N–H and O–H groups in total. The number of methoxy groups -OCH3 is 2. The molecule has 2 aliphatic heterocycles. The highest BCUT2D eigenvalue weighted by Gasteiger charge is 2.59. The molecule has 142 valence electrons. The van der Waals surface area contributed by atoms with Gasteiger partial charge in [-0.3, -0.25) is 0 Å². The molecule has 0 aromatic heterocycles. The number of benzene rings is 1. The molecule has 0 amide bonds. The second kappa shape index (κ2) is 7.90. The molecule has 2 bridgehead atoms. The highest BCUT2D eigenvalue weighted by molar-refractivity contribution is 6.05. The minimum atomic E-state index is -1.05. The fourth-order valence-electron chi connectivity index (χ4n) is 3.78. The summed E-state index contributed by atoms with van der Waals surface area (Å²) in [5.74, 6) is -1.16. The Labute approximate surface area is 158 Å². The van der Waals surface area contributed by atoms with Gasteiger partial charge in [-0.2, -0.15) is 0 Å². The third kappa shape index (κ3) is 3.34. The Kier molecular flexibility index (Phi) is 5.58. The molecule has 0 aliphatic carbocycles. The zero-order chi connectivity index (χ0) is 19.4. The van der Waals surface area contributed by atoms with Crippen LogP contribution in [0.15, 0.2) is 66.3 Å². The molecular formula is C21H24NO5+. The molecule has 0 fully saturated rings. The molecule has 0 spiro atoms. The summed E-state index contributed by atoms with van der Waals surface area (Å²) in [7, 11) is 2.58. The normalized spacial score (nSPS) is 24.0. The monoisotopic (exact) mass is 370 g/mol. The van der Waals surface area contributed by atoms with E-state index < -0.39 is 23.6 Å². The number of carbonyl (C=O) groups excluding carboxylic acids is 2. The lowest BCUT2D eigenvalue weighted by atomic mass is 9.80. The van der Waals surface area contributed by atoms with Crippen molar-refractivity contribution >= 4 is 11.9 Å². The molecule has 6 heteroatoms. The number of ether oxygens (including phenoxy) is 3. The van der Waals surface area contributed by atoms with Crippen LogP contribution in [0.3, 0.4) is 0 Å². The molecule has 3 rings (SSSR count). The summed E-state index contributed by atoms with van der Waals surface area (Å²) in [6.45, 7) is 4.54. The summed E-state index contributed by atoms with van der Waals surface area (Å²) in [6, 6.07) is 9.83. The molecular weight excluding hydrogens is 346 g/mol. The van der Waals surface area contributed by atoms with Crippen molar-refractivity contribution in [1.29, 1.82) is 0 Å². The van der Waals surface area contributed by atoms with Gasteiger partial charge in [-0.15, -0.1) is 6.58 Å². The van der Waals surface area contributed by atoms with Gasteiger partial charge in [-0.05, 0) is 6.08 Å². The highest BCUT2D eigenvalue weighted by atomic mass is 16.6. The van der Waals surface area contributed by atoms with Crippen molar-refractivity contribution in [2.45, 2.75) is 30.7 Å². The quantitative estimate of drug-likeness (QED) is 0.547. The van der Waals surface area contributed by atoms with Gasteiger partial charge in [-0.1, -0.05) is 42.5 Å². The molecule has 0 unspecified atom stereocenters. The molecule has 1 aromatic carbocycles. The van der Waals surface area contributed by atoms with Gasteiger partial charge in [-0.25, -0.2) is 9.59 Å². The zero-order valence-corrected chi connectivity index (χ0v) is 15.5. The molecule has 0 saturated heterocycles. The Morgan fingerprint density at radius 1 is 1.26 bits per heavy atom. The van der Waals surface area contributed by atoms with Crippen molar-refractivity contribution in [1.82, 2.24) is 0 Å². The molecule has 2 aliphatic rings. The summed E-state index contributed by atoms with van der Waals surface area (Å²) >= 11 is 0. The van der Waals surface area contributed by atoms with Crippen LogP contribution in [0.1, 0.15) is 12.0 Å². The Morgan fingerprint density at radius 3 is 2.59 bits per heavy atom. The van der Waals surface area contributed by atoms with E-state index in [-0.39, 0.29) is 17.2 Å². The maximum absolute atomic E-state index is 12.6. The Bertz CT molecular complexity index is 798. The number of hydrogen-bond donors (Lipinski definition) is 1. The van der Waals surface area contributed by atoms with Crippen LogP contribution < -0.4 is 5.32 Å². The zero-order valence-electron chi connectivity index (χ0n) is 15.5. The number of rotatable bonds is 8. The van der Waals surface area contributed by atoms with Crippen molar-refractivity contribution in [3.8, 4) is 0 Å². The topological polar surface area (TPSA) is 78.4 Å². The van der Waals surface area contributed by atoms with Crippen LogP contribution in [0.4, 0.5) is 0 Å². The van der Waals surface area contributed by atoms with Crippen molar-refractivity contribution in [2.24, 2.45) is 0 Å². The first-order valence-electron chi connectivity index (χ1n) is 8.84. The van der Waals surface area contributed by atoms with E-state index in [1.54, 1.807) is 12.2 Å². The van der Waals surface area contributed by atoms with Crippen molar-refractivity contribution in [3.05, 3.63) is 71.8 Å². The lowest BCUT2D eigenvalue weighted by Gasteiger charge is -2.32. The van der Waals surface area contributed by atoms with Crippen LogP contribution in [-0.4, -0.2) is 43.9 Å². The maximum atomic E-state index is 12.6. The number of quaternary nitrogens is 1. The molecule has 2 heterocycles. The van der Waals surface area contributed by atoms with E-state index >= 15 is 0 Å². The minimum absolute atomic E-state index is 0.187. The Morgan fingerprint density at radius 2 is 1.96 bits per heavy atom. The van der Waals surface area contributed by atoms with Gasteiger partial charge in [0.25, 0.3) is 0 Å². The van der Waals surface area contributed by atoms with Gasteiger partial charge >= 0.3 is 11.9 Å². The van der Waals surface area contributed by atoms with E-state index in [9.17, 15) is 9.59 Å². The first kappa shape index (κ1) is 19.1. The van der Waals surface area contributed by atoms with Gasteiger partial charge < -0.3 is 19.5 Å². The minimum Gasteiger partial charge on any atom is -0.466 e. The van der Waals surface area contributed by atoms with Crippen LogP contribution in [0.2, 0.25) is 0 Å². The van der Waals surface area contributed by atoms with Crippen LogP contribution in [0.25, 0.3) is 0 Å². The number of fused-ring (bicyclic) bond motifs is 2. The lowest BCUT2D eigenvalue weighted by molar-refractivity contribution is -0.713. The summed E-state index contributed by atoms with van der Waals surface area (Å²) in [6.07, 6.45) is 5.41. The van der Waals surface area contributed by atoms with Crippen LogP contribution in [0, 0.1) is 0 Å². The van der Waals surface area contributed by atoms with Crippen molar-refractivity contribution in [3.63, 3.8) is 0 Å². The average Bonchev–Trinajstić information content (AvgIpc) is 3.28. The largest absolute Gasteiger partial charge is 0.466 e. The van der Waals surface area contributed by atoms with E-state index in [2.05, 4.69) is 11.9 Å². The van der Waals surface area contributed by atoms with E-state index in [1.807, 2.05) is 36.4 Å². The number of nitrogens with two attached hydrogens (primary N) is 1. The SMILES string of the molecule is C=CC[C@@H]([NH2+]Cc1ccccc1)[C@]12C=C[C@@H](O1)C(C(=O)OC)=C2C(=O)OC. The van der Waals surface area contributed by atoms with Crippen LogP contribution >= 0.6 is 0 Å². The molecule has 1 aromatic rings. The van der Waals surface area contributed by atoms with Gasteiger partial charge in [0.05, 0.1) is 25.4 Å². The first-order valence-corrected chi connectivity index (χ1v) is 8.84. The highest BCUT2D eigenvalue weighted by Crippen LogP contribution is 2.46. The van der Waals surface area contributed by atoms with Gasteiger partial charge in [0.1, 0.15) is 18.7 Å². The Hall–Kier alpha value is -2.70. The second-order valence-corrected chi connectivity index (χ2v) is 6.52. The standard InChI is InChI=1S/C21H23NO5/c1-4-8-16(22-13-14-9-6-5-7-10-14)21-12-11-15(27-21)17(19(23)25-2)18(21)20(24)26-3/h4-7,9-12,15-16,22H,1,8,13H2,2-3H3/p+1/t15-,16-,21+/m1/s1. The molecule has 27 heavy (non-hydrogen) atoms. The predicted octanol–water partition coefficient (Wildman–Crippen LogP) is 1.04. The smallest absolute Gasteiger partial charge is 0.337 e. The number of esters is 2. The average molecular weight is 370 g/mol. The summed E-state index contributed by atoms with van der Waals surface area (Å²) in [5, 5.41) is 2.10. The third-order valence-corrected chi connectivity index (χ3v) is 5.03.